The topological polar surface area (TPSA) is 42.0 Å². The van der Waals surface area contributed by atoms with Crippen LogP contribution in [0.3, 0.4) is 0 Å². The first-order chi connectivity index (χ1) is 12.0. The number of halogens is 2. The van der Waals surface area contributed by atoms with E-state index in [1.165, 1.54) is 0 Å². The third-order valence-electron chi connectivity index (χ3n) is 4.04. The van der Waals surface area contributed by atoms with Gasteiger partial charge in [0.05, 0.1) is 16.9 Å². The monoisotopic (exact) mass is 370 g/mol. The van der Waals surface area contributed by atoms with Crippen LogP contribution in [-0.4, -0.2) is 10.8 Å². The van der Waals surface area contributed by atoms with Crippen molar-refractivity contribution in [2.45, 2.75) is 13.8 Å². The van der Waals surface area contributed by atoms with E-state index < -0.39 is 0 Å². The molecule has 0 spiro atoms. The lowest BCUT2D eigenvalue weighted by Crippen LogP contribution is -2.05. The van der Waals surface area contributed by atoms with Gasteiger partial charge in [-0.3, -0.25) is 9.78 Å². The molecule has 0 bridgehead atoms. The van der Waals surface area contributed by atoms with E-state index in [-0.39, 0.29) is 5.78 Å². The number of ketones is 1. The molecular weight excluding hydrogens is 355 g/mol. The van der Waals surface area contributed by atoms with Crippen LogP contribution in [0.25, 0.3) is 0 Å². The molecule has 0 aliphatic heterocycles. The quantitative estimate of drug-likeness (QED) is 0.574. The number of hydrogen-bond acceptors (Lipinski definition) is 3. The lowest BCUT2D eigenvalue weighted by atomic mass is 9.99. The second kappa shape index (κ2) is 7.26. The van der Waals surface area contributed by atoms with Crippen LogP contribution in [-0.2, 0) is 0 Å². The summed E-state index contributed by atoms with van der Waals surface area (Å²) in [4.78, 5) is 16.9. The molecule has 1 aromatic heterocycles. The molecule has 0 atom stereocenters. The largest absolute Gasteiger partial charge is 0.354 e. The van der Waals surface area contributed by atoms with E-state index in [0.717, 1.165) is 22.5 Å². The van der Waals surface area contributed by atoms with Gasteiger partial charge in [0.2, 0.25) is 0 Å². The Hall–Kier alpha value is -2.36. The number of rotatable bonds is 4. The highest BCUT2D eigenvalue weighted by molar-refractivity contribution is 6.36. The van der Waals surface area contributed by atoms with E-state index >= 15 is 0 Å². The van der Waals surface area contributed by atoms with E-state index in [1.54, 1.807) is 42.7 Å². The SMILES string of the molecule is Cc1ccncc1Nc1ccc(C(=O)c2cccc(Cl)c2C)c(Cl)c1. The van der Waals surface area contributed by atoms with Gasteiger partial charge in [-0.25, -0.2) is 0 Å². The van der Waals surface area contributed by atoms with Gasteiger partial charge in [0.25, 0.3) is 0 Å². The zero-order valence-electron chi connectivity index (χ0n) is 13.8. The lowest BCUT2D eigenvalue weighted by molar-refractivity contribution is 0.103. The molecule has 1 N–H and O–H groups in total. The maximum Gasteiger partial charge on any atom is 0.194 e. The maximum atomic E-state index is 12.8. The van der Waals surface area contributed by atoms with Crippen LogP contribution in [0.4, 0.5) is 11.4 Å². The maximum absolute atomic E-state index is 12.8. The van der Waals surface area contributed by atoms with Crippen LogP contribution in [0.5, 0.6) is 0 Å². The molecule has 0 fully saturated rings. The van der Waals surface area contributed by atoms with Crippen LogP contribution < -0.4 is 5.32 Å². The molecule has 0 aliphatic carbocycles. The lowest BCUT2D eigenvalue weighted by Gasteiger charge is -2.12. The fourth-order valence-electron chi connectivity index (χ4n) is 2.53. The summed E-state index contributed by atoms with van der Waals surface area (Å²) < 4.78 is 0. The summed E-state index contributed by atoms with van der Waals surface area (Å²) in [5, 5.41) is 4.21. The van der Waals surface area contributed by atoms with Crippen LogP contribution in [0, 0.1) is 13.8 Å². The normalized spacial score (nSPS) is 10.6. The van der Waals surface area contributed by atoms with E-state index in [0.29, 0.717) is 21.2 Å². The number of aryl methyl sites for hydroxylation is 1. The van der Waals surface area contributed by atoms with Gasteiger partial charge >= 0.3 is 0 Å². The predicted octanol–water partition coefficient (Wildman–Crippen LogP) is 5.98. The molecule has 5 heteroatoms. The van der Waals surface area contributed by atoms with E-state index in [2.05, 4.69) is 10.3 Å². The Kier molecular flexibility index (Phi) is 5.07. The Bertz CT molecular complexity index is 954. The third-order valence-corrected chi connectivity index (χ3v) is 4.77. The van der Waals surface area contributed by atoms with Gasteiger partial charge in [-0.1, -0.05) is 35.3 Å². The van der Waals surface area contributed by atoms with Crippen molar-refractivity contribution in [2.24, 2.45) is 0 Å². The Morgan fingerprint density at radius 3 is 2.52 bits per heavy atom. The Morgan fingerprint density at radius 2 is 1.80 bits per heavy atom. The molecule has 3 rings (SSSR count). The summed E-state index contributed by atoms with van der Waals surface area (Å²) in [6.07, 6.45) is 3.49. The van der Waals surface area contributed by atoms with Crippen LogP contribution in [0.15, 0.2) is 54.9 Å². The summed E-state index contributed by atoms with van der Waals surface area (Å²) in [5.41, 5.74) is 4.50. The third kappa shape index (κ3) is 3.68. The Balaban J connectivity index is 1.91. The highest BCUT2D eigenvalue weighted by atomic mass is 35.5. The zero-order chi connectivity index (χ0) is 18.0. The summed E-state index contributed by atoms with van der Waals surface area (Å²) in [6, 6.07) is 12.5. The van der Waals surface area contributed by atoms with Gasteiger partial charge in [-0.15, -0.1) is 0 Å². The summed E-state index contributed by atoms with van der Waals surface area (Å²) in [5.74, 6) is -0.144. The number of anilines is 2. The highest BCUT2D eigenvalue weighted by Gasteiger charge is 2.16. The molecule has 126 valence electrons. The molecule has 3 aromatic rings. The fourth-order valence-corrected chi connectivity index (χ4v) is 2.97. The van der Waals surface area contributed by atoms with Crippen LogP contribution in [0.1, 0.15) is 27.0 Å². The number of aromatic nitrogens is 1. The molecule has 0 radical (unpaired) electrons. The van der Waals surface area contributed by atoms with Crippen molar-refractivity contribution in [1.82, 2.24) is 4.98 Å². The second-order valence-corrected chi connectivity index (χ2v) is 6.57. The van der Waals surface area contributed by atoms with Crippen molar-refractivity contribution in [3.8, 4) is 0 Å². The number of benzene rings is 2. The van der Waals surface area contributed by atoms with Crippen molar-refractivity contribution in [3.05, 3.63) is 87.2 Å². The van der Waals surface area contributed by atoms with Crippen LogP contribution >= 0.6 is 23.2 Å². The predicted molar refractivity (Wildman–Crippen MR) is 103 cm³/mol. The Labute approximate surface area is 156 Å². The average Bonchev–Trinajstić information content (AvgIpc) is 2.59. The molecule has 0 saturated heterocycles. The molecule has 3 nitrogen and oxygen atoms in total. The van der Waals surface area contributed by atoms with E-state index in [1.807, 2.05) is 26.0 Å². The minimum atomic E-state index is -0.144. The second-order valence-electron chi connectivity index (χ2n) is 5.75. The molecule has 1 heterocycles. The number of nitrogens with one attached hydrogen (secondary N) is 1. The van der Waals surface area contributed by atoms with Gasteiger partial charge < -0.3 is 5.32 Å². The first kappa shape index (κ1) is 17.5. The smallest absolute Gasteiger partial charge is 0.194 e. The van der Waals surface area contributed by atoms with Crippen molar-refractivity contribution in [2.75, 3.05) is 5.32 Å². The average molecular weight is 371 g/mol. The standard InChI is InChI=1S/C20H16Cl2N2O/c1-12-8-9-23-11-19(12)24-14-6-7-16(18(22)10-14)20(25)15-4-3-5-17(21)13(15)2/h3-11,24H,1-2H3. The van der Waals surface area contributed by atoms with Crippen LogP contribution in [0.2, 0.25) is 10.0 Å². The molecular formula is C20H16Cl2N2O. The molecule has 0 amide bonds. The highest BCUT2D eigenvalue weighted by Crippen LogP contribution is 2.28. The van der Waals surface area contributed by atoms with Crippen molar-refractivity contribution in [1.29, 1.82) is 0 Å². The minimum absolute atomic E-state index is 0.144. The van der Waals surface area contributed by atoms with Gasteiger partial charge in [0.15, 0.2) is 5.78 Å². The van der Waals surface area contributed by atoms with E-state index in [4.69, 9.17) is 23.2 Å². The summed E-state index contributed by atoms with van der Waals surface area (Å²) in [7, 11) is 0. The summed E-state index contributed by atoms with van der Waals surface area (Å²) in [6.45, 7) is 3.82. The number of nitrogens with zero attached hydrogens (tertiary/aromatic N) is 1. The number of carbonyl (C=O) groups is 1. The number of pyridine rings is 1. The number of carbonyl (C=O) groups excluding carboxylic acids is 1. The van der Waals surface area contributed by atoms with Crippen molar-refractivity contribution in [3.63, 3.8) is 0 Å². The minimum Gasteiger partial charge on any atom is -0.354 e. The fraction of sp³-hybridized carbons (Fsp3) is 0.100. The van der Waals surface area contributed by atoms with Gasteiger partial charge in [0, 0.05) is 28.0 Å². The zero-order valence-corrected chi connectivity index (χ0v) is 15.3. The van der Waals surface area contributed by atoms with Crippen molar-refractivity contribution < 1.29 is 4.79 Å². The molecule has 0 saturated carbocycles. The van der Waals surface area contributed by atoms with Gasteiger partial charge in [-0.05, 0) is 55.3 Å². The van der Waals surface area contributed by atoms with Crippen molar-refractivity contribution >= 4 is 40.4 Å². The Morgan fingerprint density at radius 1 is 1.00 bits per heavy atom. The number of hydrogen-bond donors (Lipinski definition) is 1. The molecule has 2 aromatic carbocycles. The van der Waals surface area contributed by atoms with E-state index in [9.17, 15) is 4.79 Å². The summed E-state index contributed by atoms with van der Waals surface area (Å²) >= 11 is 12.5. The van der Waals surface area contributed by atoms with Gasteiger partial charge in [0.1, 0.15) is 0 Å². The first-order valence-corrected chi connectivity index (χ1v) is 8.50. The molecule has 25 heavy (non-hydrogen) atoms. The van der Waals surface area contributed by atoms with Gasteiger partial charge in [-0.2, -0.15) is 0 Å². The first-order valence-electron chi connectivity index (χ1n) is 7.74. The molecule has 0 unspecified atom stereocenters. The molecule has 0 aliphatic rings.